The maximum atomic E-state index is 13.8. The Morgan fingerprint density at radius 2 is 0.844 bits per heavy atom. The van der Waals surface area contributed by atoms with Crippen LogP contribution in [0.25, 0.3) is 0 Å². The van der Waals surface area contributed by atoms with Crippen LogP contribution >= 0.6 is 14.7 Å². The number of aliphatic hydroxyl groups excluding tert-OH is 2. The lowest BCUT2D eigenvalue weighted by molar-refractivity contribution is 0.0746. The van der Waals surface area contributed by atoms with Gasteiger partial charge in [-0.3, -0.25) is 43.3 Å². The van der Waals surface area contributed by atoms with Gasteiger partial charge < -0.3 is 72.6 Å². The van der Waals surface area contributed by atoms with E-state index in [1.54, 1.807) is 68.6 Å². The van der Waals surface area contributed by atoms with Gasteiger partial charge in [-0.2, -0.15) is 0 Å². The van der Waals surface area contributed by atoms with Crippen LogP contribution in [-0.2, 0) is 31.4 Å². The quantitative estimate of drug-likeness (QED) is 0.0552. The number of aliphatic imine (C=N–C) groups is 3. The fraction of sp³-hybridized carbons (Fsp3) is 0.516. The summed E-state index contributed by atoms with van der Waals surface area (Å²) in [5.41, 5.74) is 5.04. The van der Waals surface area contributed by atoms with Gasteiger partial charge in [-0.25, -0.2) is 0 Å². The van der Waals surface area contributed by atoms with Crippen LogP contribution in [0.15, 0.2) is 63.5 Å². The first-order valence-corrected chi connectivity index (χ1v) is 35.2. The lowest BCUT2D eigenvalue weighted by atomic mass is 10.1. The number of ether oxygens (including phenoxy) is 6. The molecule has 2 unspecified atom stereocenters. The maximum absolute atomic E-state index is 13.8. The number of aliphatic hydroxyl groups is 2. The number of rotatable bonds is 24. The first-order valence-electron chi connectivity index (χ1n) is 31.2. The molecule has 0 aromatic heterocycles. The lowest BCUT2D eigenvalue weighted by Gasteiger charge is -2.22. The zero-order chi connectivity index (χ0) is 63.1. The van der Waals surface area contributed by atoms with Crippen molar-refractivity contribution in [3.05, 3.63) is 81.9 Å². The van der Waals surface area contributed by atoms with Crippen molar-refractivity contribution in [2.75, 3.05) is 117 Å². The number of nitrogens with one attached hydrogen (secondary N) is 1. The van der Waals surface area contributed by atoms with Crippen LogP contribution in [0.1, 0.15) is 118 Å². The summed E-state index contributed by atoms with van der Waals surface area (Å²) in [6.07, 6.45) is 13.4. The summed E-state index contributed by atoms with van der Waals surface area (Å²) in [5, 5.41) is 23.5. The Labute approximate surface area is 523 Å². The molecular weight excluding hydrogens is 1200 g/mol. The second-order valence-corrected chi connectivity index (χ2v) is 28.8. The Hall–Kier alpha value is -7.33. The molecule has 26 heteroatoms. The van der Waals surface area contributed by atoms with Crippen LogP contribution in [0.2, 0.25) is 0 Å². The average molecular weight is 1280 g/mol. The number of nitrogens with zero attached hydrogens (tertiary/aromatic N) is 7. The summed E-state index contributed by atoms with van der Waals surface area (Å²) in [5.74, 6) is 2.13. The van der Waals surface area contributed by atoms with E-state index in [0.29, 0.717) is 117 Å². The van der Waals surface area contributed by atoms with Crippen LogP contribution < -0.4 is 33.7 Å². The van der Waals surface area contributed by atoms with Crippen LogP contribution in [-0.4, -0.2) is 207 Å². The lowest BCUT2D eigenvalue weighted by Crippen LogP contribution is -2.36. The van der Waals surface area contributed by atoms with Crippen molar-refractivity contribution in [1.82, 2.24) is 19.6 Å². The van der Waals surface area contributed by atoms with Gasteiger partial charge >= 0.3 is 0 Å². The van der Waals surface area contributed by atoms with E-state index in [9.17, 15) is 38.5 Å². The molecule has 8 aliphatic heterocycles. The molecule has 3 N–H and O–H groups in total. The normalized spacial score (nSPS) is 21.5. The van der Waals surface area contributed by atoms with Gasteiger partial charge in [0.05, 0.1) is 155 Å². The highest BCUT2D eigenvalue weighted by Gasteiger charge is 2.38. The van der Waals surface area contributed by atoms with Crippen molar-refractivity contribution in [3.8, 4) is 34.5 Å². The first kappa shape index (κ1) is 64.2. The number of amides is 4. The van der Waals surface area contributed by atoms with Crippen molar-refractivity contribution in [2.24, 2.45) is 15.0 Å². The van der Waals surface area contributed by atoms with Gasteiger partial charge in [0.2, 0.25) is 14.7 Å². The third-order valence-corrected chi connectivity index (χ3v) is 22.6. The number of carbonyl (C=O) groups is 4. The summed E-state index contributed by atoms with van der Waals surface area (Å²) >= 11 is 0. The maximum Gasteiger partial charge on any atom is 0.256 e. The molecule has 0 bridgehead atoms. The molecule has 12 rings (SSSR count). The van der Waals surface area contributed by atoms with E-state index in [0.717, 1.165) is 57.9 Å². The molecule has 24 nitrogen and oxygen atoms in total. The number of hydrogen-bond acceptors (Lipinski definition) is 20. The molecule has 8 heterocycles. The van der Waals surface area contributed by atoms with E-state index in [4.69, 9.17) is 37.5 Å². The largest absolute Gasteiger partial charge is 0.493 e. The minimum Gasteiger partial charge on any atom is -0.493 e. The van der Waals surface area contributed by atoms with Gasteiger partial charge in [0, 0.05) is 92.8 Å². The van der Waals surface area contributed by atoms with Crippen molar-refractivity contribution in [1.29, 1.82) is 0 Å². The zero-order valence-electron chi connectivity index (χ0n) is 51.5. The van der Waals surface area contributed by atoms with Crippen LogP contribution in [0.4, 0.5) is 22.7 Å². The molecule has 4 amide bonds. The van der Waals surface area contributed by atoms with Crippen LogP contribution in [0, 0.1) is 0 Å². The molecule has 6 atom stereocenters. The fourth-order valence-corrected chi connectivity index (χ4v) is 16.3. The molecule has 4 aromatic rings. The van der Waals surface area contributed by atoms with Crippen LogP contribution in [0.3, 0.4) is 0 Å². The molecule has 0 spiro atoms. The Morgan fingerprint density at radius 3 is 1.27 bits per heavy atom. The van der Waals surface area contributed by atoms with Gasteiger partial charge in [0.15, 0.2) is 23.0 Å². The molecule has 4 saturated heterocycles. The second-order valence-electron chi connectivity index (χ2n) is 23.2. The van der Waals surface area contributed by atoms with Gasteiger partial charge in [-0.05, 0) is 89.5 Å². The highest BCUT2D eigenvalue weighted by molar-refractivity contribution is 7.59. The topological polar surface area (TPSA) is 279 Å². The predicted molar refractivity (Wildman–Crippen MR) is 340 cm³/mol. The van der Waals surface area contributed by atoms with E-state index in [1.165, 1.54) is 14.2 Å². The summed E-state index contributed by atoms with van der Waals surface area (Å²) in [6, 6.07) is 13.5. The molecule has 4 fully saturated rings. The summed E-state index contributed by atoms with van der Waals surface area (Å²) in [4.78, 5) is 73.7. The van der Waals surface area contributed by atoms with E-state index in [1.807, 2.05) is 32.0 Å². The van der Waals surface area contributed by atoms with E-state index < -0.39 is 14.7 Å². The molecule has 0 saturated carbocycles. The summed E-state index contributed by atoms with van der Waals surface area (Å²) < 4.78 is 74.1. The second kappa shape index (κ2) is 28.5. The summed E-state index contributed by atoms with van der Waals surface area (Å²) in [7, 11) is -3.33. The Balaban J connectivity index is 0.000000185. The zero-order valence-corrected chi connectivity index (χ0v) is 53.3. The van der Waals surface area contributed by atoms with Gasteiger partial charge in [0.1, 0.15) is 11.5 Å². The monoisotopic (exact) mass is 1280 g/mol. The van der Waals surface area contributed by atoms with Crippen molar-refractivity contribution >= 4 is 79.8 Å². The minimum atomic E-state index is -3.18. The molecule has 90 heavy (non-hydrogen) atoms. The highest BCUT2D eigenvalue weighted by Crippen LogP contribution is 2.49. The molecule has 0 aliphatic carbocycles. The fourth-order valence-electron chi connectivity index (χ4n) is 12.9. The number of hydrogen-bond donors (Lipinski definition) is 3. The van der Waals surface area contributed by atoms with Gasteiger partial charge in [0.25, 0.3) is 23.6 Å². The van der Waals surface area contributed by atoms with Crippen molar-refractivity contribution in [2.45, 2.75) is 103 Å². The van der Waals surface area contributed by atoms with E-state index >= 15 is 0 Å². The molecule has 8 aliphatic rings. The average Bonchev–Trinajstić information content (AvgIpc) is 2.12. The minimum absolute atomic E-state index is 0.00438. The Kier molecular flexibility index (Phi) is 20.3. The number of anilines is 1. The van der Waals surface area contributed by atoms with E-state index in [2.05, 4.69) is 20.3 Å². The number of benzene rings is 4. The number of fused-ring (bicyclic) bond motifs is 8. The van der Waals surface area contributed by atoms with Crippen molar-refractivity contribution in [3.63, 3.8) is 0 Å². The van der Waals surface area contributed by atoms with Gasteiger partial charge in [-0.1, -0.05) is 0 Å². The molecular formula is C64H80N8O16P2. The smallest absolute Gasteiger partial charge is 0.256 e. The van der Waals surface area contributed by atoms with Crippen molar-refractivity contribution < 1.29 is 76.0 Å². The molecule has 4 aromatic carbocycles. The summed E-state index contributed by atoms with van der Waals surface area (Å²) in [6.45, 7) is 7.26. The Morgan fingerprint density at radius 1 is 0.478 bits per heavy atom. The standard InChI is InChI=1S/C32H41N4O8P.C32H39N4O8P/c2*1-3-44-45(40,12-10-42-28-16-26-24(14-21(28)20-37)31(38)35-8-4-6-22(35)18-33-26)13-11-43-30-17-27-25(15-29(30)41-2)32(39)36-9-5-7-23(36)19-34-27/h14-17,19,22-23,33,37H,3-13,18,20H2,1-2H3;14-19,22-23,37H,3-13,20H2,1-2H3/t2*22-,23-,45?/m00/s1. The molecule has 482 valence electrons. The van der Waals surface area contributed by atoms with Gasteiger partial charge in [-0.15, -0.1) is 0 Å². The number of carbonyl (C=O) groups excluding carboxylic acids is 4. The van der Waals surface area contributed by atoms with E-state index in [-0.39, 0.29) is 125 Å². The SMILES string of the molecule is CCOP(=O)(CCOc1cc2c(cc1CO)C(=O)N1CCC[C@H]1C=N2)CCOc1cc2c(cc1OC)C(=O)N1CCC[C@H]1C=N2.CCOP(=O)(CCOc1cc2c(cc1CO)C(=O)N1CCC[C@H]1CN2)CCOc1cc2c(cc1OC)C(=O)N1CCC[C@H]1C=N2. The predicted octanol–water partition coefficient (Wildman–Crippen LogP) is 8.91. The number of methoxy groups -OCH3 is 2. The van der Waals surface area contributed by atoms with Crippen LogP contribution in [0.5, 0.6) is 34.5 Å². The Bertz CT molecular complexity index is 3450. The molecule has 0 radical (unpaired) electrons. The highest BCUT2D eigenvalue weighted by atomic mass is 31.2. The third-order valence-electron chi connectivity index (χ3n) is 17.7. The third kappa shape index (κ3) is 13.8. The first-order chi connectivity index (χ1) is 43.7.